The Kier molecular flexibility index (Phi) is 7.62. The second-order valence-electron chi connectivity index (χ2n) is 9.06. The minimum absolute atomic E-state index is 0.0137. The van der Waals surface area contributed by atoms with Crippen molar-refractivity contribution in [1.29, 1.82) is 0 Å². The lowest BCUT2D eigenvalue weighted by molar-refractivity contribution is -0.203. The molecule has 0 aromatic heterocycles. The minimum atomic E-state index is -4.68. The van der Waals surface area contributed by atoms with Gasteiger partial charge in [0.1, 0.15) is 0 Å². The molecule has 2 unspecified atom stereocenters. The van der Waals surface area contributed by atoms with Crippen LogP contribution >= 0.6 is 0 Å². The van der Waals surface area contributed by atoms with Gasteiger partial charge in [-0.05, 0) is 11.1 Å². The lowest BCUT2D eigenvalue weighted by atomic mass is 9.94. The molecule has 12 heteroatoms. The van der Waals surface area contributed by atoms with Crippen LogP contribution in [0.3, 0.4) is 0 Å². The van der Waals surface area contributed by atoms with Gasteiger partial charge in [0.05, 0.1) is 25.7 Å². The molecule has 3 aliphatic rings. The Balaban J connectivity index is 1.37. The van der Waals surface area contributed by atoms with Crippen LogP contribution in [0.4, 0.5) is 13.2 Å². The highest BCUT2D eigenvalue weighted by molar-refractivity contribution is 5.80. The molecule has 4 rings (SSSR count). The Morgan fingerprint density at radius 3 is 2.49 bits per heavy atom. The summed E-state index contributed by atoms with van der Waals surface area (Å²) < 4.78 is 47.2. The smallest absolute Gasteiger partial charge is 0.379 e. The molecule has 0 radical (unpaired) electrons. The van der Waals surface area contributed by atoms with E-state index < -0.39 is 30.1 Å². The van der Waals surface area contributed by atoms with Crippen molar-refractivity contribution in [2.24, 2.45) is 5.92 Å². The van der Waals surface area contributed by atoms with Crippen molar-refractivity contribution >= 4 is 17.7 Å². The molecule has 3 heterocycles. The van der Waals surface area contributed by atoms with Crippen LogP contribution in [-0.4, -0.2) is 90.6 Å². The van der Waals surface area contributed by atoms with E-state index in [1.54, 1.807) is 14.7 Å². The minimum Gasteiger partial charge on any atom is -0.379 e. The van der Waals surface area contributed by atoms with Gasteiger partial charge in [0.15, 0.2) is 5.92 Å². The summed E-state index contributed by atoms with van der Waals surface area (Å²) in [6, 6.07) is 5.82. The number of halogens is 3. The molecule has 192 valence electrons. The van der Waals surface area contributed by atoms with Crippen molar-refractivity contribution < 1.29 is 32.3 Å². The Labute approximate surface area is 201 Å². The maximum absolute atomic E-state index is 13.8. The van der Waals surface area contributed by atoms with Gasteiger partial charge in [-0.15, -0.1) is 0 Å². The predicted molar refractivity (Wildman–Crippen MR) is 118 cm³/mol. The van der Waals surface area contributed by atoms with Crippen molar-refractivity contribution in [2.75, 3.05) is 45.9 Å². The fourth-order valence-electron chi connectivity index (χ4n) is 5.09. The van der Waals surface area contributed by atoms with E-state index in [9.17, 15) is 27.6 Å². The quantitative estimate of drug-likeness (QED) is 0.566. The average Bonchev–Trinajstić information content (AvgIpc) is 3.19. The van der Waals surface area contributed by atoms with Crippen molar-refractivity contribution in [2.45, 2.75) is 38.1 Å². The molecule has 35 heavy (non-hydrogen) atoms. The van der Waals surface area contributed by atoms with E-state index in [1.165, 1.54) is 6.92 Å². The van der Waals surface area contributed by atoms with Gasteiger partial charge in [-0.2, -0.15) is 13.2 Å². The van der Waals surface area contributed by atoms with Crippen molar-refractivity contribution in [3.05, 3.63) is 35.4 Å². The normalized spacial score (nSPS) is 25.4. The van der Waals surface area contributed by atoms with Crippen molar-refractivity contribution in [3.63, 3.8) is 0 Å². The van der Waals surface area contributed by atoms with E-state index in [-0.39, 0.29) is 44.5 Å². The van der Waals surface area contributed by atoms with Crippen LogP contribution in [0, 0.1) is 5.92 Å². The fraction of sp³-hybridized carbons (Fsp3) is 0.609. The fourth-order valence-corrected chi connectivity index (χ4v) is 5.09. The van der Waals surface area contributed by atoms with Crippen LogP contribution in [0.25, 0.3) is 0 Å². The lowest BCUT2D eigenvalue weighted by Gasteiger charge is -2.41. The topological polar surface area (TPSA) is 94.2 Å². The molecule has 2 fully saturated rings. The number of amides is 3. The summed E-state index contributed by atoms with van der Waals surface area (Å²) >= 11 is 0. The number of alkyl halides is 3. The Morgan fingerprint density at radius 1 is 1.11 bits per heavy atom. The highest BCUT2D eigenvalue weighted by Gasteiger charge is 2.54. The van der Waals surface area contributed by atoms with Gasteiger partial charge in [0.25, 0.3) is 0 Å². The molecular weight excluding hydrogens is 467 g/mol. The molecule has 0 aliphatic carbocycles. The molecule has 0 bridgehead atoms. The molecule has 1 aromatic rings. The Morgan fingerprint density at radius 2 is 1.80 bits per heavy atom. The first-order valence-corrected chi connectivity index (χ1v) is 11.7. The van der Waals surface area contributed by atoms with Gasteiger partial charge in [0, 0.05) is 52.2 Å². The summed E-state index contributed by atoms with van der Waals surface area (Å²) in [6.07, 6.45) is -4.54. The van der Waals surface area contributed by atoms with Gasteiger partial charge in [-0.25, -0.2) is 5.43 Å². The zero-order valence-corrected chi connectivity index (χ0v) is 19.5. The summed E-state index contributed by atoms with van der Waals surface area (Å²) in [6.45, 7) is 3.90. The maximum Gasteiger partial charge on any atom is 0.402 e. The number of rotatable bonds is 6. The summed E-state index contributed by atoms with van der Waals surface area (Å²) in [4.78, 5) is 41.2. The largest absolute Gasteiger partial charge is 0.402 e. The standard InChI is InChI=1S/C23H30F3N5O4/c1-15(32)29-7-9-30(10-8-29)20(33)6-11-35-14-19-17-5-3-2-4-16(17)13-31(19)18-12-27-28-22(34)21(18)23(24,25)26/h2-5,18-19,21,27H,6-14H2,1H3,(H,28,34)/t18?,19-,21?/m0/s1. The Hall–Kier alpha value is -2.70. The van der Waals surface area contributed by atoms with Crippen molar-refractivity contribution in [3.8, 4) is 0 Å². The number of hydrazine groups is 1. The van der Waals surface area contributed by atoms with Crippen LogP contribution in [0.2, 0.25) is 0 Å². The van der Waals surface area contributed by atoms with Gasteiger partial charge >= 0.3 is 6.18 Å². The number of piperazine rings is 1. The van der Waals surface area contributed by atoms with Crippen molar-refractivity contribution in [1.82, 2.24) is 25.6 Å². The molecule has 9 nitrogen and oxygen atoms in total. The van der Waals surface area contributed by atoms with E-state index in [1.807, 2.05) is 24.3 Å². The monoisotopic (exact) mass is 497 g/mol. The third kappa shape index (κ3) is 5.60. The first kappa shape index (κ1) is 25.4. The molecule has 0 spiro atoms. The zero-order chi connectivity index (χ0) is 25.2. The van der Waals surface area contributed by atoms with Crippen LogP contribution < -0.4 is 10.9 Å². The van der Waals surface area contributed by atoms with Gasteiger partial charge in [-0.3, -0.25) is 24.7 Å². The molecule has 0 saturated carbocycles. The highest BCUT2D eigenvalue weighted by Crippen LogP contribution is 2.41. The molecule has 3 atom stereocenters. The molecule has 2 saturated heterocycles. The Bertz CT molecular complexity index is 951. The number of carbonyl (C=O) groups is 3. The second-order valence-corrected chi connectivity index (χ2v) is 9.06. The number of carbonyl (C=O) groups excluding carboxylic acids is 3. The summed E-state index contributed by atoms with van der Waals surface area (Å²) in [5.41, 5.74) is 6.45. The van der Waals surface area contributed by atoms with Gasteiger partial charge < -0.3 is 14.5 Å². The van der Waals surface area contributed by atoms with Crippen LogP contribution in [0.15, 0.2) is 24.3 Å². The number of benzene rings is 1. The molecule has 1 aromatic carbocycles. The molecule has 3 amide bonds. The van der Waals surface area contributed by atoms with E-state index >= 15 is 0 Å². The summed E-state index contributed by atoms with van der Waals surface area (Å²) in [5.74, 6) is -3.35. The van der Waals surface area contributed by atoms with Gasteiger partial charge in [-0.1, -0.05) is 24.3 Å². The van der Waals surface area contributed by atoms with Gasteiger partial charge in [0.2, 0.25) is 17.7 Å². The third-order valence-electron chi connectivity index (χ3n) is 6.95. The lowest BCUT2D eigenvalue weighted by Crippen LogP contribution is -2.64. The zero-order valence-electron chi connectivity index (χ0n) is 19.5. The van der Waals surface area contributed by atoms with E-state index in [0.29, 0.717) is 26.2 Å². The number of hydrogen-bond donors (Lipinski definition) is 2. The first-order valence-electron chi connectivity index (χ1n) is 11.7. The van der Waals surface area contributed by atoms with Crippen LogP contribution in [-0.2, 0) is 25.7 Å². The molecule has 3 aliphatic heterocycles. The van der Waals surface area contributed by atoms with E-state index in [2.05, 4.69) is 10.9 Å². The number of hydrogen-bond acceptors (Lipinski definition) is 6. The third-order valence-corrected chi connectivity index (χ3v) is 6.95. The average molecular weight is 498 g/mol. The number of fused-ring (bicyclic) bond motifs is 1. The highest BCUT2D eigenvalue weighted by atomic mass is 19.4. The van der Waals surface area contributed by atoms with E-state index in [4.69, 9.17) is 4.74 Å². The second kappa shape index (κ2) is 10.5. The SMILES string of the molecule is CC(=O)N1CCN(C(=O)CCOC[C@H]2c3ccccc3CN2C2CNNC(=O)C2C(F)(F)F)CC1. The predicted octanol–water partition coefficient (Wildman–Crippen LogP) is 0.822. The van der Waals surface area contributed by atoms with Crippen LogP contribution in [0.1, 0.15) is 30.5 Å². The van der Waals surface area contributed by atoms with E-state index in [0.717, 1.165) is 11.1 Å². The maximum atomic E-state index is 13.8. The molecular formula is C23H30F3N5O4. The summed E-state index contributed by atoms with van der Waals surface area (Å²) in [7, 11) is 0. The number of ether oxygens (including phenoxy) is 1. The van der Waals surface area contributed by atoms with Crippen LogP contribution in [0.5, 0.6) is 0 Å². The number of nitrogens with one attached hydrogen (secondary N) is 2. The number of nitrogens with zero attached hydrogens (tertiary/aromatic N) is 3. The first-order chi connectivity index (χ1) is 16.7. The summed E-state index contributed by atoms with van der Waals surface area (Å²) in [5, 5.41) is 0. The molecule has 2 N–H and O–H groups in total.